The standard InChI is InChI=1S/C12H25N3O/c1-2-11(9-10-6-7-10)14-8-4-3-5-12(13)15-16/h10-11,14,16H,2-9H2,1H3,(H2,13,15). The Hall–Kier alpha value is -0.770. The molecule has 0 spiro atoms. The SMILES string of the molecule is CCC(CC1CC1)NCCCCC(N)=NO. The van der Waals surface area contributed by atoms with Crippen LogP contribution in [0.15, 0.2) is 5.16 Å². The van der Waals surface area contributed by atoms with Crippen molar-refractivity contribution >= 4 is 5.84 Å². The number of nitrogens with zero attached hydrogens (tertiary/aromatic N) is 1. The summed E-state index contributed by atoms with van der Waals surface area (Å²) >= 11 is 0. The van der Waals surface area contributed by atoms with Crippen molar-refractivity contribution in [3.63, 3.8) is 0 Å². The van der Waals surface area contributed by atoms with E-state index in [1.807, 2.05) is 0 Å². The van der Waals surface area contributed by atoms with Gasteiger partial charge < -0.3 is 16.3 Å². The second-order valence-corrected chi connectivity index (χ2v) is 4.79. The van der Waals surface area contributed by atoms with Crippen LogP contribution in [0.2, 0.25) is 0 Å². The Morgan fingerprint density at radius 2 is 2.25 bits per heavy atom. The van der Waals surface area contributed by atoms with Crippen molar-refractivity contribution in [2.75, 3.05) is 6.54 Å². The number of oxime groups is 1. The maximum absolute atomic E-state index is 8.37. The second-order valence-electron chi connectivity index (χ2n) is 4.79. The monoisotopic (exact) mass is 227 g/mol. The molecule has 1 aliphatic rings. The van der Waals surface area contributed by atoms with Gasteiger partial charge >= 0.3 is 0 Å². The highest BCUT2D eigenvalue weighted by atomic mass is 16.4. The summed E-state index contributed by atoms with van der Waals surface area (Å²) in [7, 11) is 0. The molecule has 1 rings (SSSR count). The van der Waals surface area contributed by atoms with Crippen molar-refractivity contribution in [3.05, 3.63) is 0 Å². The van der Waals surface area contributed by atoms with Crippen LogP contribution >= 0.6 is 0 Å². The molecule has 0 saturated heterocycles. The first-order valence-electron chi connectivity index (χ1n) is 6.46. The second kappa shape index (κ2) is 7.49. The quantitative estimate of drug-likeness (QED) is 0.186. The van der Waals surface area contributed by atoms with Crippen LogP contribution in [0, 0.1) is 5.92 Å². The van der Waals surface area contributed by atoms with E-state index in [9.17, 15) is 0 Å². The van der Waals surface area contributed by atoms with Crippen molar-refractivity contribution < 1.29 is 5.21 Å². The molecule has 1 unspecified atom stereocenters. The van der Waals surface area contributed by atoms with E-state index in [1.165, 1.54) is 25.7 Å². The Morgan fingerprint density at radius 1 is 1.50 bits per heavy atom. The fourth-order valence-electron chi connectivity index (χ4n) is 1.94. The van der Waals surface area contributed by atoms with E-state index < -0.39 is 0 Å². The van der Waals surface area contributed by atoms with E-state index in [-0.39, 0.29) is 0 Å². The highest BCUT2D eigenvalue weighted by Gasteiger charge is 2.24. The number of rotatable bonds is 9. The topological polar surface area (TPSA) is 70.6 Å². The summed E-state index contributed by atoms with van der Waals surface area (Å²) in [5, 5.41) is 14.9. The minimum absolute atomic E-state index is 0.338. The summed E-state index contributed by atoms with van der Waals surface area (Å²) in [6, 6.07) is 0.691. The normalized spacial score (nSPS) is 18.7. The molecule has 1 fully saturated rings. The highest BCUT2D eigenvalue weighted by molar-refractivity contribution is 5.79. The molecule has 4 nitrogen and oxygen atoms in total. The first kappa shape index (κ1) is 13.3. The van der Waals surface area contributed by atoms with Gasteiger partial charge in [-0.25, -0.2) is 0 Å². The molecule has 1 aliphatic carbocycles. The fraction of sp³-hybridized carbons (Fsp3) is 0.917. The first-order valence-corrected chi connectivity index (χ1v) is 6.46. The third-order valence-corrected chi connectivity index (χ3v) is 3.23. The predicted octanol–water partition coefficient (Wildman–Crippen LogP) is 2.07. The molecule has 94 valence electrons. The Bertz CT molecular complexity index is 214. The van der Waals surface area contributed by atoms with Gasteiger partial charge in [0, 0.05) is 12.5 Å². The van der Waals surface area contributed by atoms with Crippen molar-refractivity contribution in [1.82, 2.24) is 5.32 Å². The third kappa shape index (κ3) is 5.95. The molecular formula is C12H25N3O. The fourth-order valence-corrected chi connectivity index (χ4v) is 1.94. The molecule has 4 N–H and O–H groups in total. The summed E-state index contributed by atoms with van der Waals surface area (Å²) in [5.74, 6) is 1.33. The molecule has 1 saturated carbocycles. The Labute approximate surface area is 98.3 Å². The third-order valence-electron chi connectivity index (χ3n) is 3.23. The molecule has 0 radical (unpaired) electrons. The maximum Gasteiger partial charge on any atom is 0.139 e. The summed E-state index contributed by atoms with van der Waals surface area (Å²) < 4.78 is 0. The van der Waals surface area contributed by atoms with E-state index in [0.717, 1.165) is 25.3 Å². The lowest BCUT2D eigenvalue weighted by atomic mass is 10.1. The van der Waals surface area contributed by atoms with Gasteiger partial charge in [0.25, 0.3) is 0 Å². The lowest BCUT2D eigenvalue weighted by molar-refractivity contribution is 0.316. The molecule has 0 amide bonds. The zero-order chi connectivity index (χ0) is 11.8. The minimum Gasteiger partial charge on any atom is -0.409 e. The average Bonchev–Trinajstić information content (AvgIpc) is 3.10. The largest absolute Gasteiger partial charge is 0.409 e. The number of hydrogen-bond acceptors (Lipinski definition) is 3. The molecule has 0 aromatic heterocycles. The van der Waals surface area contributed by atoms with Crippen LogP contribution in [0.3, 0.4) is 0 Å². The van der Waals surface area contributed by atoms with Crippen LogP contribution in [-0.4, -0.2) is 23.6 Å². The number of nitrogens with two attached hydrogens (primary N) is 1. The Kier molecular flexibility index (Phi) is 6.23. The zero-order valence-corrected chi connectivity index (χ0v) is 10.3. The first-order chi connectivity index (χ1) is 7.76. The molecule has 0 aromatic rings. The molecule has 4 heteroatoms. The zero-order valence-electron chi connectivity index (χ0n) is 10.3. The van der Waals surface area contributed by atoms with Gasteiger partial charge in [0.05, 0.1) is 0 Å². The minimum atomic E-state index is 0.338. The smallest absolute Gasteiger partial charge is 0.139 e. The molecule has 0 heterocycles. The lowest BCUT2D eigenvalue weighted by Crippen LogP contribution is -2.29. The number of unbranched alkanes of at least 4 members (excludes halogenated alkanes) is 1. The number of nitrogens with one attached hydrogen (secondary N) is 1. The van der Waals surface area contributed by atoms with Crippen LogP contribution in [0.5, 0.6) is 0 Å². The van der Waals surface area contributed by atoms with E-state index >= 15 is 0 Å². The van der Waals surface area contributed by atoms with Gasteiger partial charge in [-0.2, -0.15) is 0 Å². The van der Waals surface area contributed by atoms with E-state index in [0.29, 0.717) is 18.3 Å². The molecule has 1 atom stereocenters. The van der Waals surface area contributed by atoms with Crippen LogP contribution in [0.25, 0.3) is 0 Å². The maximum atomic E-state index is 8.37. The summed E-state index contributed by atoms with van der Waals surface area (Å²) in [5.41, 5.74) is 5.39. The highest BCUT2D eigenvalue weighted by Crippen LogP contribution is 2.33. The van der Waals surface area contributed by atoms with Crippen LogP contribution in [0.4, 0.5) is 0 Å². The van der Waals surface area contributed by atoms with Gasteiger partial charge in [0.15, 0.2) is 0 Å². The number of amidine groups is 1. The van der Waals surface area contributed by atoms with E-state index in [1.54, 1.807) is 0 Å². The van der Waals surface area contributed by atoms with Crippen molar-refractivity contribution in [1.29, 1.82) is 0 Å². The van der Waals surface area contributed by atoms with Gasteiger partial charge in [-0.3, -0.25) is 0 Å². The summed E-state index contributed by atoms with van der Waals surface area (Å²) in [6.07, 6.45) is 8.20. The molecule has 16 heavy (non-hydrogen) atoms. The van der Waals surface area contributed by atoms with Crippen LogP contribution < -0.4 is 11.1 Å². The van der Waals surface area contributed by atoms with Gasteiger partial charge in [-0.15, -0.1) is 0 Å². The van der Waals surface area contributed by atoms with Crippen LogP contribution in [-0.2, 0) is 0 Å². The molecular weight excluding hydrogens is 202 g/mol. The van der Waals surface area contributed by atoms with Crippen molar-refractivity contribution in [2.45, 2.75) is 57.9 Å². The van der Waals surface area contributed by atoms with Gasteiger partial charge in [-0.1, -0.05) is 24.9 Å². The predicted molar refractivity (Wildman–Crippen MR) is 66.7 cm³/mol. The Morgan fingerprint density at radius 3 is 2.81 bits per heavy atom. The van der Waals surface area contributed by atoms with Crippen molar-refractivity contribution in [3.8, 4) is 0 Å². The molecule has 0 aliphatic heterocycles. The van der Waals surface area contributed by atoms with Crippen LogP contribution in [0.1, 0.15) is 51.9 Å². The summed E-state index contributed by atoms with van der Waals surface area (Å²) in [4.78, 5) is 0. The van der Waals surface area contributed by atoms with Crippen molar-refractivity contribution in [2.24, 2.45) is 16.8 Å². The molecule has 0 aromatic carbocycles. The van der Waals surface area contributed by atoms with Gasteiger partial charge in [0.2, 0.25) is 0 Å². The number of hydrogen-bond donors (Lipinski definition) is 3. The van der Waals surface area contributed by atoms with Gasteiger partial charge in [0.1, 0.15) is 5.84 Å². The summed E-state index contributed by atoms with van der Waals surface area (Å²) in [6.45, 7) is 3.29. The van der Waals surface area contributed by atoms with Gasteiger partial charge in [-0.05, 0) is 38.1 Å². The van der Waals surface area contributed by atoms with E-state index in [4.69, 9.17) is 10.9 Å². The van der Waals surface area contributed by atoms with E-state index in [2.05, 4.69) is 17.4 Å². The average molecular weight is 227 g/mol. The molecule has 0 bridgehead atoms. The Balaban J connectivity index is 1.95. The lowest BCUT2D eigenvalue weighted by Gasteiger charge is -2.16.